The van der Waals surface area contributed by atoms with E-state index in [2.05, 4.69) is 24.1 Å². The molecule has 0 aromatic rings. The van der Waals surface area contributed by atoms with E-state index in [4.69, 9.17) is 5.11 Å². The van der Waals surface area contributed by atoms with Gasteiger partial charge in [0.15, 0.2) is 0 Å². The highest BCUT2D eigenvalue weighted by molar-refractivity contribution is 4.95. The first kappa shape index (κ1) is 11.4. The number of nitrogens with zero attached hydrogens (tertiary/aromatic N) is 1. The molecular formula is C12H24N2O. The Balaban J connectivity index is 1.78. The van der Waals surface area contributed by atoms with Crippen molar-refractivity contribution in [2.24, 2.45) is 11.8 Å². The second-order valence-corrected chi connectivity index (χ2v) is 5.41. The second-order valence-electron chi connectivity index (χ2n) is 5.41. The summed E-state index contributed by atoms with van der Waals surface area (Å²) in [5.41, 5.74) is 0. The van der Waals surface area contributed by atoms with Crippen LogP contribution >= 0.6 is 0 Å². The lowest BCUT2D eigenvalue weighted by atomic mass is 10.0. The predicted octanol–water partition coefficient (Wildman–Crippen LogP) is 0.687. The molecule has 3 heteroatoms. The molecule has 3 atom stereocenters. The van der Waals surface area contributed by atoms with Crippen molar-refractivity contribution in [3.05, 3.63) is 0 Å². The highest BCUT2D eigenvalue weighted by Gasteiger charge is 2.40. The summed E-state index contributed by atoms with van der Waals surface area (Å²) in [5.74, 6) is 1.81. The fourth-order valence-corrected chi connectivity index (χ4v) is 3.19. The predicted molar refractivity (Wildman–Crippen MR) is 61.8 cm³/mol. The van der Waals surface area contributed by atoms with E-state index in [0.717, 1.165) is 18.4 Å². The van der Waals surface area contributed by atoms with E-state index in [1.54, 1.807) is 0 Å². The molecule has 1 saturated carbocycles. The van der Waals surface area contributed by atoms with Gasteiger partial charge in [0.1, 0.15) is 0 Å². The minimum atomic E-state index is 0.268. The van der Waals surface area contributed by atoms with Gasteiger partial charge in [-0.1, -0.05) is 0 Å². The van der Waals surface area contributed by atoms with Gasteiger partial charge in [0.05, 0.1) is 6.61 Å². The number of likely N-dealkylation sites (tertiary alicyclic amines) is 1. The molecule has 2 fully saturated rings. The summed E-state index contributed by atoms with van der Waals surface area (Å²) in [6, 6.07) is 1.38. The van der Waals surface area contributed by atoms with Crippen LogP contribution in [0.5, 0.6) is 0 Å². The number of hydrogen-bond acceptors (Lipinski definition) is 3. The van der Waals surface area contributed by atoms with E-state index in [1.807, 2.05) is 0 Å². The van der Waals surface area contributed by atoms with Crippen molar-refractivity contribution in [3.63, 3.8) is 0 Å². The lowest BCUT2D eigenvalue weighted by Gasteiger charge is -2.22. The molecule has 0 aromatic heterocycles. The summed E-state index contributed by atoms with van der Waals surface area (Å²) in [4.78, 5) is 2.61. The number of aliphatic hydroxyl groups excluding tert-OH is 1. The van der Waals surface area contributed by atoms with Crippen LogP contribution in [0.2, 0.25) is 0 Å². The van der Waals surface area contributed by atoms with E-state index in [0.29, 0.717) is 12.1 Å². The van der Waals surface area contributed by atoms with Gasteiger partial charge in [-0.2, -0.15) is 0 Å². The van der Waals surface area contributed by atoms with Crippen molar-refractivity contribution in [1.29, 1.82) is 0 Å². The van der Waals surface area contributed by atoms with Gasteiger partial charge in [0.25, 0.3) is 0 Å². The third-order valence-corrected chi connectivity index (χ3v) is 4.05. The monoisotopic (exact) mass is 212 g/mol. The Morgan fingerprint density at radius 1 is 1.27 bits per heavy atom. The van der Waals surface area contributed by atoms with Gasteiger partial charge in [0, 0.05) is 31.7 Å². The smallest absolute Gasteiger partial charge is 0.0556 e. The number of aliphatic hydroxyl groups is 1. The zero-order valence-electron chi connectivity index (χ0n) is 9.95. The first-order valence-electron chi connectivity index (χ1n) is 6.29. The average molecular weight is 212 g/mol. The van der Waals surface area contributed by atoms with Crippen molar-refractivity contribution in [2.75, 3.05) is 26.2 Å². The topological polar surface area (TPSA) is 35.5 Å². The Labute approximate surface area is 92.8 Å². The first-order valence-corrected chi connectivity index (χ1v) is 6.29. The molecule has 1 aliphatic carbocycles. The van der Waals surface area contributed by atoms with E-state index in [-0.39, 0.29) is 6.61 Å². The van der Waals surface area contributed by atoms with Crippen LogP contribution in [0.4, 0.5) is 0 Å². The Morgan fingerprint density at radius 2 is 1.87 bits per heavy atom. The fraction of sp³-hybridized carbons (Fsp3) is 1.00. The minimum Gasteiger partial charge on any atom is -0.395 e. The molecule has 0 radical (unpaired) electrons. The van der Waals surface area contributed by atoms with Crippen molar-refractivity contribution in [1.82, 2.24) is 10.2 Å². The molecule has 0 amide bonds. The van der Waals surface area contributed by atoms with Crippen molar-refractivity contribution in [2.45, 2.75) is 38.8 Å². The summed E-state index contributed by atoms with van der Waals surface area (Å²) in [7, 11) is 0. The number of nitrogens with one attached hydrogen (secondary N) is 1. The molecular weight excluding hydrogens is 188 g/mol. The standard InChI is InChI=1S/C12H24N2O/c1-9(2)14-7-10-5-12(13-3-4-15)6-11(10)8-14/h9-13,15H,3-8H2,1-2H3/t10-,11+,12?. The van der Waals surface area contributed by atoms with Crippen LogP contribution in [0.25, 0.3) is 0 Å². The minimum absolute atomic E-state index is 0.268. The van der Waals surface area contributed by atoms with Gasteiger partial charge in [-0.3, -0.25) is 0 Å². The third kappa shape index (κ3) is 2.52. The lowest BCUT2D eigenvalue weighted by molar-refractivity contribution is 0.244. The van der Waals surface area contributed by atoms with Gasteiger partial charge in [0.2, 0.25) is 0 Å². The molecule has 2 N–H and O–H groups in total. The van der Waals surface area contributed by atoms with E-state index in [1.165, 1.54) is 25.9 Å². The van der Waals surface area contributed by atoms with E-state index in [9.17, 15) is 0 Å². The normalized spacial score (nSPS) is 36.4. The summed E-state index contributed by atoms with van der Waals surface area (Å²) in [5, 5.41) is 12.2. The number of fused-ring (bicyclic) bond motifs is 1. The maximum absolute atomic E-state index is 8.77. The quantitative estimate of drug-likeness (QED) is 0.719. The molecule has 88 valence electrons. The van der Waals surface area contributed by atoms with Gasteiger partial charge in [-0.15, -0.1) is 0 Å². The van der Waals surface area contributed by atoms with Crippen LogP contribution in [-0.4, -0.2) is 48.3 Å². The summed E-state index contributed by atoms with van der Waals surface area (Å²) in [6.45, 7) is 8.20. The molecule has 0 aromatic carbocycles. The Hall–Kier alpha value is -0.120. The molecule has 1 aliphatic heterocycles. The first-order chi connectivity index (χ1) is 7.20. The SMILES string of the molecule is CC(C)N1C[C@H]2CC(NCCO)C[C@H]2C1. The van der Waals surface area contributed by atoms with Crippen molar-refractivity contribution < 1.29 is 5.11 Å². The fourth-order valence-electron chi connectivity index (χ4n) is 3.19. The van der Waals surface area contributed by atoms with Crippen molar-refractivity contribution >= 4 is 0 Å². The van der Waals surface area contributed by atoms with Crippen LogP contribution in [0.3, 0.4) is 0 Å². The third-order valence-electron chi connectivity index (χ3n) is 4.05. The Morgan fingerprint density at radius 3 is 2.33 bits per heavy atom. The van der Waals surface area contributed by atoms with E-state index >= 15 is 0 Å². The van der Waals surface area contributed by atoms with Gasteiger partial charge >= 0.3 is 0 Å². The van der Waals surface area contributed by atoms with Gasteiger partial charge < -0.3 is 15.3 Å². The largest absolute Gasteiger partial charge is 0.395 e. The molecule has 15 heavy (non-hydrogen) atoms. The molecule has 3 nitrogen and oxygen atoms in total. The zero-order chi connectivity index (χ0) is 10.8. The Kier molecular flexibility index (Phi) is 3.65. The zero-order valence-corrected chi connectivity index (χ0v) is 9.95. The van der Waals surface area contributed by atoms with Crippen LogP contribution in [0, 0.1) is 11.8 Å². The molecule has 0 spiro atoms. The van der Waals surface area contributed by atoms with Crippen molar-refractivity contribution in [3.8, 4) is 0 Å². The van der Waals surface area contributed by atoms with Crippen LogP contribution in [0.1, 0.15) is 26.7 Å². The maximum atomic E-state index is 8.77. The highest BCUT2D eigenvalue weighted by Crippen LogP contribution is 2.38. The van der Waals surface area contributed by atoms with E-state index < -0.39 is 0 Å². The highest BCUT2D eigenvalue weighted by atomic mass is 16.3. The summed E-state index contributed by atoms with van der Waals surface area (Å²) in [6.07, 6.45) is 2.63. The number of hydrogen-bond donors (Lipinski definition) is 2. The maximum Gasteiger partial charge on any atom is 0.0556 e. The van der Waals surface area contributed by atoms with Gasteiger partial charge in [-0.25, -0.2) is 0 Å². The molecule has 2 rings (SSSR count). The summed E-state index contributed by atoms with van der Waals surface area (Å²) >= 11 is 0. The Bertz CT molecular complexity index is 194. The molecule has 1 unspecified atom stereocenters. The second kappa shape index (κ2) is 4.81. The van der Waals surface area contributed by atoms with Gasteiger partial charge in [-0.05, 0) is 38.5 Å². The molecule has 1 heterocycles. The average Bonchev–Trinajstić information content (AvgIpc) is 2.71. The molecule has 1 saturated heterocycles. The van der Waals surface area contributed by atoms with Crippen LogP contribution in [-0.2, 0) is 0 Å². The van der Waals surface area contributed by atoms with Crippen LogP contribution in [0.15, 0.2) is 0 Å². The van der Waals surface area contributed by atoms with Crippen LogP contribution < -0.4 is 5.32 Å². The lowest BCUT2D eigenvalue weighted by Crippen LogP contribution is -2.33. The molecule has 2 aliphatic rings. The molecule has 0 bridgehead atoms. The number of rotatable bonds is 4. The summed E-state index contributed by atoms with van der Waals surface area (Å²) < 4.78 is 0.